The summed E-state index contributed by atoms with van der Waals surface area (Å²) in [5.74, 6) is 1.02. The highest BCUT2D eigenvalue weighted by Gasteiger charge is 2.19. The van der Waals surface area contributed by atoms with Crippen LogP contribution in [0.5, 0.6) is 0 Å². The van der Waals surface area contributed by atoms with Crippen molar-refractivity contribution in [1.82, 2.24) is 5.32 Å². The van der Waals surface area contributed by atoms with E-state index in [0.29, 0.717) is 0 Å². The monoisotopic (exact) mass is 204 g/mol. The van der Waals surface area contributed by atoms with Gasteiger partial charge in [-0.2, -0.15) is 0 Å². The fraction of sp³-hybridized carbons (Fsp3) is 0.538. The molecule has 82 valence electrons. The Kier molecular flexibility index (Phi) is 3.27. The van der Waals surface area contributed by atoms with E-state index in [2.05, 4.69) is 24.4 Å². The van der Waals surface area contributed by atoms with Gasteiger partial charge in [-0.05, 0) is 43.0 Å². The molecule has 0 atom stereocenters. The molecule has 2 rings (SSSR count). The predicted octanol–water partition coefficient (Wildman–Crippen LogP) is 2.47. The van der Waals surface area contributed by atoms with Gasteiger partial charge >= 0.3 is 0 Å². The van der Waals surface area contributed by atoms with Crippen molar-refractivity contribution in [3.05, 3.63) is 29.3 Å². The first-order chi connectivity index (χ1) is 7.25. The van der Waals surface area contributed by atoms with E-state index >= 15 is 0 Å². The quantitative estimate of drug-likeness (QED) is 0.571. The Morgan fingerprint density at radius 3 is 2.87 bits per heavy atom. The van der Waals surface area contributed by atoms with Crippen molar-refractivity contribution in [3.8, 4) is 0 Å². The van der Waals surface area contributed by atoms with Gasteiger partial charge in [-0.25, -0.2) is 0 Å². The lowest BCUT2D eigenvalue weighted by atomic mass is 10.1. The zero-order valence-corrected chi connectivity index (χ0v) is 9.42. The molecule has 15 heavy (non-hydrogen) atoms. The number of rotatable bonds is 5. The highest BCUT2D eigenvalue weighted by atomic mass is 14.8. The lowest BCUT2D eigenvalue weighted by molar-refractivity contribution is 0.613. The summed E-state index contributed by atoms with van der Waals surface area (Å²) in [6, 6.07) is 6.26. The van der Waals surface area contributed by atoms with E-state index < -0.39 is 0 Å². The maximum atomic E-state index is 5.77. The Morgan fingerprint density at radius 2 is 2.20 bits per heavy atom. The second-order valence-electron chi connectivity index (χ2n) is 4.60. The maximum absolute atomic E-state index is 5.77. The molecule has 1 aliphatic carbocycles. The SMILES string of the molecule is Cc1cc(CNCCC2CC2)ccc1N. The van der Waals surface area contributed by atoms with Gasteiger partial charge in [0.05, 0.1) is 0 Å². The Bertz CT molecular complexity index is 329. The molecule has 0 saturated heterocycles. The van der Waals surface area contributed by atoms with Gasteiger partial charge in [0.1, 0.15) is 0 Å². The molecule has 1 fully saturated rings. The van der Waals surface area contributed by atoms with Crippen LogP contribution in [0.4, 0.5) is 5.69 Å². The summed E-state index contributed by atoms with van der Waals surface area (Å²) in [6.07, 6.45) is 4.24. The van der Waals surface area contributed by atoms with E-state index in [1.807, 2.05) is 6.07 Å². The summed E-state index contributed by atoms with van der Waals surface area (Å²) in [7, 11) is 0. The molecule has 1 aromatic rings. The molecule has 1 saturated carbocycles. The van der Waals surface area contributed by atoms with Crippen LogP contribution in [0.3, 0.4) is 0 Å². The molecule has 0 heterocycles. The van der Waals surface area contributed by atoms with Gasteiger partial charge in [-0.3, -0.25) is 0 Å². The van der Waals surface area contributed by atoms with E-state index in [9.17, 15) is 0 Å². The smallest absolute Gasteiger partial charge is 0.0343 e. The molecule has 2 heteroatoms. The second-order valence-corrected chi connectivity index (χ2v) is 4.60. The number of anilines is 1. The van der Waals surface area contributed by atoms with E-state index in [4.69, 9.17) is 5.73 Å². The van der Waals surface area contributed by atoms with Crippen molar-refractivity contribution < 1.29 is 0 Å². The molecular weight excluding hydrogens is 184 g/mol. The van der Waals surface area contributed by atoms with Crippen LogP contribution in [0.25, 0.3) is 0 Å². The van der Waals surface area contributed by atoms with Crippen LogP contribution in [0.15, 0.2) is 18.2 Å². The number of nitrogens with one attached hydrogen (secondary N) is 1. The van der Waals surface area contributed by atoms with Gasteiger partial charge < -0.3 is 11.1 Å². The molecule has 0 bridgehead atoms. The number of benzene rings is 1. The highest BCUT2D eigenvalue weighted by Crippen LogP contribution is 2.31. The third-order valence-electron chi connectivity index (χ3n) is 3.09. The summed E-state index contributed by atoms with van der Waals surface area (Å²) in [5.41, 5.74) is 9.17. The van der Waals surface area contributed by atoms with E-state index in [0.717, 1.165) is 24.7 Å². The fourth-order valence-electron chi connectivity index (χ4n) is 1.79. The molecule has 3 N–H and O–H groups in total. The molecule has 2 nitrogen and oxygen atoms in total. The van der Waals surface area contributed by atoms with Gasteiger partial charge in [0.2, 0.25) is 0 Å². The van der Waals surface area contributed by atoms with Crippen molar-refractivity contribution >= 4 is 5.69 Å². The first-order valence-corrected chi connectivity index (χ1v) is 5.81. The largest absolute Gasteiger partial charge is 0.399 e. The number of hydrogen-bond acceptors (Lipinski definition) is 2. The maximum Gasteiger partial charge on any atom is 0.0343 e. The van der Waals surface area contributed by atoms with Crippen molar-refractivity contribution in [2.24, 2.45) is 5.92 Å². The van der Waals surface area contributed by atoms with Crippen molar-refractivity contribution in [1.29, 1.82) is 0 Å². The number of aryl methyl sites for hydroxylation is 1. The lowest BCUT2D eigenvalue weighted by Gasteiger charge is -2.06. The van der Waals surface area contributed by atoms with Gasteiger partial charge in [0, 0.05) is 12.2 Å². The van der Waals surface area contributed by atoms with E-state index in [1.54, 1.807) is 0 Å². The highest BCUT2D eigenvalue weighted by molar-refractivity contribution is 5.47. The Labute approximate surface area is 91.9 Å². The average Bonchev–Trinajstić information content (AvgIpc) is 3.02. The molecule has 0 unspecified atom stereocenters. The molecular formula is C13H20N2. The standard InChI is InChI=1S/C13H20N2/c1-10-8-12(4-5-13(10)14)9-15-7-6-11-2-3-11/h4-5,8,11,15H,2-3,6-7,9,14H2,1H3. The Morgan fingerprint density at radius 1 is 1.40 bits per heavy atom. The lowest BCUT2D eigenvalue weighted by Crippen LogP contribution is -2.15. The molecule has 0 amide bonds. The second kappa shape index (κ2) is 4.67. The Balaban J connectivity index is 1.74. The Hall–Kier alpha value is -1.02. The van der Waals surface area contributed by atoms with Crippen LogP contribution in [-0.2, 0) is 6.54 Å². The summed E-state index contributed by atoms with van der Waals surface area (Å²) >= 11 is 0. The number of nitrogen functional groups attached to an aromatic ring is 1. The van der Waals surface area contributed by atoms with Gasteiger partial charge in [0.25, 0.3) is 0 Å². The predicted molar refractivity (Wildman–Crippen MR) is 64.6 cm³/mol. The molecule has 0 spiro atoms. The minimum absolute atomic E-state index is 0.886. The van der Waals surface area contributed by atoms with Crippen LogP contribution in [-0.4, -0.2) is 6.54 Å². The molecule has 0 radical (unpaired) electrons. The topological polar surface area (TPSA) is 38.0 Å². The minimum Gasteiger partial charge on any atom is -0.399 e. The normalized spacial score (nSPS) is 15.5. The van der Waals surface area contributed by atoms with Crippen LogP contribution < -0.4 is 11.1 Å². The molecule has 0 aromatic heterocycles. The summed E-state index contributed by atoms with van der Waals surface area (Å²) < 4.78 is 0. The number of nitrogens with two attached hydrogens (primary N) is 1. The average molecular weight is 204 g/mol. The van der Waals surface area contributed by atoms with Crippen molar-refractivity contribution in [2.75, 3.05) is 12.3 Å². The summed E-state index contributed by atoms with van der Waals surface area (Å²) in [6.45, 7) is 4.17. The van der Waals surface area contributed by atoms with Crippen LogP contribution in [0.1, 0.15) is 30.4 Å². The zero-order chi connectivity index (χ0) is 10.7. The molecule has 1 aliphatic rings. The van der Waals surface area contributed by atoms with Crippen molar-refractivity contribution in [3.63, 3.8) is 0 Å². The van der Waals surface area contributed by atoms with Crippen LogP contribution in [0.2, 0.25) is 0 Å². The van der Waals surface area contributed by atoms with Crippen molar-refractivity contribution in [2.45, 2.75) is 32.7 Å². The van der Waals surface area contributed by atoms with Gasteiger partial charge in [-0.15, -0.1) is 0 Å². The first kappa shape index (κ1) is 10.5. The molecule has 1 aromatic carbocycles. The third-order valence-corrected chi connectivity index (χ3v) is 3.09. The molecule has 0 aliphatic heterocycles. The first-order valence-electron chi connectivity index (χ1n) is 5.81. The van der Waals surface area contributed by atoms with Crippen LogP contribution >= 0.6 is 0 Å². The minimum atomic E-state index is 0.886. The van der Waals surface area contributed by atoms with E-state index in [1.165, 1.54) is 30.4 Å². The van der Waals surface area contributed by atoms with Crippen LogP contribution in [0, 0.1) is 12.8 Å². The zero-order valence-electron chi connectivity index (χ0n) is 9.42. The number of hydrogen-bond donors (Lipinski definition) is 2. The van der Waals surface area contributed by atoms with E-state index in [-0.39, 0.29) is 0 Å². The summed E-state index contributed by atoms with van der Waals surface area (Å²) in [5, 5.41) is 3.48. The summed E-state index contributed by atoms with van der Waals surface area (Å²) in [4.78, 5) is 0. The van der Waals surface area contributed by atoms with Gasteiger partial charge in [-0.1, -0.05) is 25.0 Å². The van der Waals surface area contributed by atoms with Gasteiger partial charge in [0.15, 0.2) is 0 Å². The fourth-order valence-corrected chi connectivity index (χ4v) is 1.79. The third kappa shape index (κ3) is 3.24.